The maximum atomic E-state index is 5.64. The molecule has 0 atom stereocenters. The molecule has 0 heterocycles. The fraction of sp³-hybridized carbons (Fsp3) is 0.381. The highest BCUT2D eigenvalue weighted by atomic mass is 16.5. The molecule has 5 nitrogen and oxygen atoms in total. The standard InChI is InChI=1S/C21H29N3O2/c1-5-22-21(23-14-17-9-7-8-16(3)12-17)24-15-18-10-11-19(25-4)20(13-18)26-6-2/h7-13H,5-6,14-15H2,1-4H3,(H2,22,23,24). The van der Waals surface area contributed by atoms with Crippen molar-refractivity contribution in [1.29, 1.82) is 0 Å². The SMILES string of the molecule is CCNC(=NCc1cccc(C)c1)NCc1ccc(OC)c(OCC)c1. The van der Waals surface area contributed by atoms with Crippen molar-refractivity contribution in [1.82, 2.24) is 10.6 Å². The van der Waals surface area contributed by atoms with Crippen molar-refractivity contribution in [3.8, 4) is 11.5 Å². The summed E-state index contributed by atoms with van der Waals surface area (Å²) in [6.45, 7) is 8.83. The molecule has 0 aliphatic carbocycles. The molecule has 0 saturated heterocycles. The number of guanidine groups is 1. The number of hydrogen-bond acceptors (Lipinski definition) is 3. The quantitative estimate of drug-likeness (QED) is 0.560. The van der Waals surface area contributed by atoms with Gasteiger partial charge in [-0.25, -0.2) is 4.99 Å². The van der Waals surface area contributed by atoms with Crippen molar-refractivity contribution in [3.63, 3.8) is 0 Å². The van der Waals surface area contributed by atoms with Gasteiger partial charge in [0.25, 0.3) is 0 Å². The van der Waals surface area contributed by atoms with E-state index in [1.165, 1.54) is 11.1 Å². The first-order chi connectivity index (χ1) is 12.7. The molecule has 0 saturated carbocycles. The van der Waals surface area contributed by atoms with Gasteiger partial charge in [-0.1, -0.05) is 35.9 Å². The van der Waals surface area contributed by atoms with E-state index in [-0.39, 0.29) is 0 Å². The van der Waals surface area contributed by atoms with E-state index >= 15 is 0 Å². The van der Waals surface area contributed by atoms with Crippen LogP contribution in [-0.4, -0.2) is 26.2 Å². The van der Waals surface area contributed by atoms with Crippen LogP contribution in [0.5, 0.6) is 11.5 Å². The van der Waals surface area contributed by atoms with Crippen LogP contribution in [-0.2, 0) is 13.1 Å². The van der Waals surface area contributed by atoms with Gasteiger partial charge in [-0.05, 0) is 44.0 Å². The summed E-state index contributed by atoms with van der Waals surface area (Å²) in [5.41, 5.74) is 3.55. The number of nitrogens with one attached hydrogen (secondary N) is 2. The summed E-state index contributed by atoms with van der Waals surface area (Å²) in [6.07, 6.45) is 0. The number of nitrogens with zero attached hydrogens (tertiary/aromatic N) is 1. The van der Waals surface area contributed by atoms with E-state index in [9.17, 15) is 0 Å². The summed E-state index contributed by atoms with van der Waals surface area (Å²) in [7, 11) is 1.65. The van der Waals surface area contributed by atoms with Gasteiger partial charge in [0.2, 0.25) is 0 Å². The molecule has 0 aliphatic rings. The Labute approximate surface area is 156 Å². The second-order valence-electron chi connectivity index (χ2n) is 5.96. The summed E-state index contributed by atoms with van der Waals surface area (Å²) in [6, 6.07) is 14.4. The van der Waals surface area contributed by atoms with Gasteiger partial charge in [0, 0.05) is 13.1 Å². The second kappa shape index (κ2) is 10.3. The molecule has 0 bridgehead atoms. The van der Waals surface area contributed by atoms with Crippen molar-refractivity contribution < 1.29 is 9.47 Å². The van der Waals surface area contributed by atoms with Crippen LogP contribution in [0.25, 0.3) is 0 Å². The van der Waals surface area contributed by atoms with Crippen LogP contribution in [0.1, 0.15) is 30.5 Å². The van der Waals surface area contributed by atoms with Crippen molar-refractivity contribution in [3.05, 3.63) is 59.2 Å². The highest BCUT2D eigenvalue weighted by Crippen LogP contribution is 2.27. The van der Waals surface area contributed by atoms with Gasteiger partial charge in [-0.2, -0.15) is 0 Å². The predicted octanol–water partition coefficient (Wildman–Crippen LogP) is 3.66. The molecule has 0 amide bonds. The Balaban J connectivity index is 2.03. The van der Waals surface area contributed by atoms with Gasteiger partial charge in [0.1, 0.15) is 0 Å². The minimum atomic E-state index is 0.605. The third kappa shape index (κ3) is 5.99. The van der Waals surface area contributed by atoms with Gasteiger partial charge in [-0.15, -0.1) is 0 Å². The largest absolute Gasteiger partial charge is 0.493 e. The number of benzene rings is 2. The Morgan fingerprint density at radius 1 is 1.00 bits per heavy atom. The van der Waals surface area contributed by atoms with E-state index < -0.39 is 0 Å². The molecule has 2 aromatic rings. The molecule has 5 heteroatoms. The Bertz CT molecular complexity index is 729. The number of ether oxygens (including phenoxy) is 2. The zero-order valence-electron chi connectivity index (χ0n) is 16.1. The third-order valence-electron chi connectivity index (χ3n) is 3.83. The molecule has 2 rings (SSSR count). The number of methoxy groups -OCH3 is 1. The molecule has 0 unspecified atom stereocenters. The lowest BCUT2D eigenvalue weighted by atomic mass is 10.1. The van der Waals surface area contributed by atoms with Crippen molar-refractivity contribution in [2.45, 2.75) is 33.9 Å². The molecular weight excluding hydrogens is 326 g/mol. The first kappa shape index (κ1) is 19.6. The third-order valence-corrected chi connectivity index (χ3v) is 3.83. The molecule has 0 spiro atoms. The minimum absolute atomic E-state index is 0.605. The highest BCUT2D eigenvalue weighted by molar-refractivity contribution is 5.79. The lowest BCUT2D eigenvalue weighted by Gasteiger charge is -2.14. The van der Waals surface area contributed by atoms with Crippen LogP contribution < -0.4 is 20.1 Å². The number of aryl methyl sites for hydroxylation is 1. The van der Waals surface area contributed by atoms with Crippen LogP contribution in [0.3, 0.4) is 0 Å². The Morgan fingerprint density at radius 2 is 1.85 bits per heavy atom. The van der Waals surface area contributed by atoms with Crippen LogP contribution in [0, 0.1) is 6.92 Å². The fourth-order valence-corrected chi connectivity index (χ4v) is 2.61. The van der Waals surface area contributed by atoms with E-state index in [1.54, 1.807) is 7.11 Å². The first-order valence-electron chi connectivity index (χ1n) is 9.03. The fourth-order valence-electron chi connectivity index (χ4n) is 2.61. The molecule has 2 aromatic carbocycles. The van der Waals surface area contributed by atoms with Crippen molar-refractivity contribution in [2.24, 2.45) is 4.99 Å². The number of hydrogen-bond donors (Lipinski definition) is 2. The monoisotopic (exact) mass is 355 g/mol. The first-order valence-corrected chi connectivity index (χ1v) is 9.03. The zero-order valence-corrected chi connectivity index (χ0v) is 16.1. The van der Waals surface area contributed by atoms with Crippen molar-refractivity contribution >= 4 is 5.96 Å². The zero-order chi connectivity index (χ0) is 18.8. The molecule has 0 fully saturated rings. The van der Waals surface area contributed by atoms with Crippen LogP contribution in [0.2, 0.25) is 0 Å². The van der Waals surface area contributed by atoms with Crippen molar-refractivity contribution in [2.75, 3.05) is 20.3 Å². The molecule has 26 heavy (non-hydrogen) atoms. The van der Waals surface area contributed by atoms with E-state index in [4.69, 9.17) is 9.47 Å². The molecule has 0 radical (unpaired) electrons. The lowest BCUT2D eigenvalue weighted by Crippen LogP contribution is -2.36. The predicted molar refractivity (Wildman–Crippen MR) is 107 cm³/mol. The van der Waals surface area contributed by atoms with Gasteiger partial charge in [-0.3, -0.25) is 0 Å². The Hall–Kier alpha value is -2.69. The van der Waals surface area contributed by atoms with Gasteiger partial charge >= 0.3 is 0 Å². The molecule has 2 N–H and O–H groups in total. The minimum Gasteiger partial charge on any atom is -0.493 e. The van der Waals surface area contributed by atoms with E-state index in [0.29, 0.717) is 19.7 Å². The summed E-state index contributed by atoms with van der Waals surface area (Å²) in [4.78, 5) is 4.67. The summed E-state index contributed by atoms with van der Waals surface area (Å²) < 4.78 is 11.0. The average molecular weight is 355 g/mol. The maximum Gasteiger partial charge on any atom is 0.191 e. The highest BCUT2D eigenvalue weighted by Gasteiger charge is 2.06. The normalized spacial score (nSPS) is 11.2. The van der Waals surface area contributed by atoms with Gasteiger partial charge < -0.3 is 20.1 Å². The van der Waals surface area contributed by atoms with Crippen LogP contribution in [0.15, 0.2) is 47.5 Å². The Morgan fingerprint density at radius 3 is 2.54 bits per heavy atom. The second-order valence-corrected chi connectivity index (χ2v) is 5.96. The summed E-state index contributed by atoms with van der Waals surface area (Å²) in [5.74, 6) is 2.30. The average Bonchev–Trinajstić information content (AvgIpc) is 2.64. The summed E-state index contributed by atoms with van der Waals surface area (Å²) in [5, 5.41) is 6.65. The molecular formula is C21H29N3O2. The maximum absolute atomic E-state index is 5.64. The molecule has 140 valence electrons. The van der Waals surface area contributed by atoms with Crippen LogP contribution in [0.4, 0.5) is 0 Å². The van der Waals surface area contributed by atoms with E-state index in [0.717, 1.165) is 29.6 Å². The Kier molecular flexibility index (Phi) is 7.80. The van der Waals surface area contributed by atoms with Gasteiger partial charge in [0.15, 0.2) is 17.5 Å². The smallest absolute Gasteiger partial charge is 0.191 e. The topological polar surface area (TPSA) is 54.9 Å². The molecule has 0 aliphatic heterocycles. The van der Waals surface area contributed by atoms with E-state index in [1.807, 2.05) is 25.1 Å². The van der Waals surface area contributed by atoms with Crippen LogP contribution >= 0.6 is 0 Å². The lowest BCUT2D eigenvalue weighted by molar-refractivity contribution is 0.310. The number of rotatable bonds is 8. The molecule has 0 aromatic heterocycles. The van der Waals surface area contributed by atoms with Gasteiger partial charge in [0.05, 0.1) is 20.3 Å². The van der Waals surface area contributed by atoms with E-state index in [2.05, 4.69) is 53.7 Å². The summed E-state index contributed by atoms with van der Waals surface area (Å²) >= 11 is 0. The number of aliphatic imine (C=N–C) groups is 1.